The van der Waals surface area contributed by atoms with Crippen molar-refractivity contribution in [2.75, 3.05) is 7.11 Å². The lowest BCUT2D eigenvalue weighted by atomic mass is 10.0. The van der Waals surface area contributed by atoms with E-state index in [0.29, 0.717) is 6.42 Å². The van der Waals surface area contributed by atoms with Gasteiger partial charge >= 0.3 is 0 Å². The first kappa shape index (κ1) is 17.6. The molecule has 0 amide bonds. The fourth-order valence-corrected chi connectivity index (χ4v) is 2.17. The van der Waals surface area contributed by atoms with Crippen molar-refractivity contribution in [3.8, 4) is 0 Å². The molecule has 0 aliphatic rings. The SMILES string of the molecule is CCCCCCCCCC(C[C@H](O)CC=O)OC. The molecule has 1 N–H and O–H groups in total. The molecular weight excluding hydrogens is 228 g/mol. The van der Waals surface area contributed by atoms with Gasteiger partial charge in [-0.1, -0.05) is 51.9 Å². The van der Waals surface area contributed by atoms with Crippen LogP contribution >= 0.6 is 0 Å². The smallest absolute Gasteiger partial charge is 0.122 e. The minimum absolute atomic E-state index is 0.0931. The highest BCUT2D eigenvalue weighted by atomic mass is 16.5. The van der Waals surface area contributed by atoms with Crippen molar-refractivity contribution in [2.45, 2.75) is 83.3 Å². The van der Waals surface area contributed by atoms with Crippen LogP contribution in [-0.2, 0) is 9.53 Å². The third-order valence-corrected chi connectivity index (χ3v) is 3.37. The number of carbonyl (C=O) groups is 1. The Morgan fingerprint density at radius 1 is 1.11 bits per heavy atom. The van der Waals surface area contributed by atoms with Gasteiger partial charge in [0.25, 0.3) is 0 Å². The second-order valence-corrected chi connectivity index (χ2v) is 5.06. The maximum atomic E-state index is 10.3. The van der Waals surface area contributed by atoms with Gasteiger partial charge in [-0.3, -0.25) is 0 Å². The van der Waals surface area contributed by atoms with E-state index in [1.807, 2.05) is 0 Å². The van der Waals surface area contributed by atoms with Crippen molar-refractivity contribution in [1.82, 2.24) is 0 Å². The maximum Gasteiger partial charge on any atom is 0.122 e. The predicted molar refractivity (Wildman–Crippen MR) is 74.7 cm³/mol. The minimum Gasteiger partial charge on any atom is -0.393 e. The first-order valence-corrected chi connectivity index (χ1v) is 7.39. The van der Waals surface area contributed by atoms with E-state index in [0.717, 1.165) is 19.1 Å². The van der Waals surface area contributed by atoms with Gasteiger partial charge in [0, 0.05) is 13.5 Å². The number of ether oxygens (including phenoxy) is 1. The number of aldehydes is 1. The summed E-state index contributed by atoms with van der Waals surface area (Å²) < 4.78 is 5.34. The standard InChI is InChI=1S/C15H30O3/c1-3-4-5-6-7-8-9-10-15(18-2)13-14(17)11-12-16/h12,14-15,17H,3-11,13H2,1-2H3/t14-,15?/m1/s1. The Balaban J connectivity index is 3.46. The molecule has 3 heteroatoms. The molecule has 108 valence electrons. The first-order chi connectivity index (χ1) is 8.74. The molecule has 0 aromatic heterocycles. The van der Waals surface area contributed by atoms with Gasteiger partial charge in [-0.15, -0.1) is 0 Å². The van der Waals surface area contributed by atoms with Gasteiger partial charge in [-0.25, -0.2) is 0 Å². The van der Waals surface area contributed by atoms with E-state index in [1.165, 1.54) is 38.5 Å². The zero-order valence-electron chi connectivity index (χ0n) is 12.1. The van der Waals surface area contributed by atoms with Crippen LogP contribution in [0.3, 0.4) is 0 Å². The Kier molecular flexibility index (Phi) is 12.7. The Hall–Kier alpha value is -0.410. The fourth-order valence-electron chi connectivity index (χ4n) is 2.17. The summed E-state index contributed by atoms with van der Waals surface area (Å²) in [4.78, 5) is 10.3. The lowest BCUT2D eigenvalue weighted by Gasteiger charge is -2.17. The van der Waals surface area contributed by atoms with Crippen molar-refractivity contribution in [1.29, 1.82) is 0 Å². The van der Waals surface area contributed by atoms with Crippen LogP contribution in [0.1, 0.15) is 71.1 Å². The molecule has 0 aliphatic heterocycles. The molecule has 0 aromatic carbocycles. The zero-order valence-corrected chi connectivity index (χ0v) is 12.1. The second kappa shape index (κ2) is 13.0. The molecule has 18 heavy (non-hydrogen) atoms. The van der Waals surface area contributed by atoms with Gasteiger partial charge < -0.3 is 14.6 Å². The number of hydrogen-bond acceptors (Lipinski definition) is 3. The third kappa shape index (κ3) is 10.7. The van der Waals surface area contributed by atoms with Crippen molar-refractivity contribution >= 4 is 6.29 Å². The van der Waals surface area contributed by atoms with E-state index in [4.69, 9.17) is 4.74 Å². The lowest BCUT2D eigenvalue weighted by molar-refractivity contribution is -0.109. The fraction of sp³-hybridized carbons (Fsp3) is 0.933. The molecule has 2 atom stereocenters. The zero-order chi connectivity index (χ0) is 13.6. The molecule has 0 heterocycles. The van der Waals surface area contributed by atoms with Gasteiger partial charge in [-0.2, -0.15) is 0 Å². The monoisotopic (exact) mass is 258 g/mol. The summed E-state index contributed by atoms with van der Waals surface area (Å²) in [6.45, 7) is 2.23. The van der Waals surface area contributed by atoms with Crippen LogP contribution < -0.4 is 0 Å². The molecule has 0 rings (SSSR count). The predicted octanol–water partition coefficient (Wildman–Crippen LogP) is 3.48. The largest absolute Gasteiger partial charge is 0.393 e. The summed E-state index contributed by atoms with van der Waals surface area (Å²) in [6, 6.07) is 0. The highest BCUT2D eigenvalue weighted by Crippen LogP contribution is 2.14. The normalized spacial score (nSPS) is 14.4. The summed E-state index contributed by atoms with van der Waals surface area (Å²) in [7, 11) is 1.68. The van der Waals surface area contributed by atoms with E-state index in [2.05, 4.69) is 6.92 Å². The van der Waals surface area contributed by atoms with Crippen molar-refractivity contribution < 1.29 is 14.6 Å². The molecule has 0 saturated heterocycles. The second-order valence-electron chi connectivity index (χ2n) is 5.06. The Morgan fingerprint density at radius 3 is 2.28 bits per heavy atom. The summed E-state index contributed by atoms with van der Waals surface area (Å²) in [6.07, 6.45) is 11.1. The maximum absolute atomic E-state index is 10.3. The number of rotatable bonds is 13. The number of unbranched alkanes of at least 4 members (excludes halogenated alkanes) is 6. The molecule has 0 spiro atoms. The summed E-state index contributed by atoms with van der Waals surface area (Å²) >= 11 is 0. The van der Waals surface area contributed by atoms with Crippen molar-refractivity contribution in [3.63, 3.8) is 0 Å². The molecule has 0 bridgehead atoms. The number of hydrogen-bond donors (Lipinski definition) is 1. The molecule has 0 aliphatic carbocycles. The third-order valence-electron chi connectivity index (χ3n) is 3.37. The van der Waals surface area contributed by atoms with Crippen LogP contribution in [0.25, 0.3) is 0 Å². The van der Waals surface area contributed by atoms with E-state index < -0.39 is 6.10 Å². The van der Waals surface area contributed by atoms with Gasteiger partial charge in [0.1, 0.15) is 6.29 Å². The molecule has 3 nitrogen and oxygen atoms in total. The van der Waals surface area contributed by atoms with E-state index in [9.17, 15) is 9.90 Å². The quantitative estimate of drug-likeness (QED) is 0.406. The van der Waals surface area contributed by atoms with Crippen LogP contribution in [-0.4, -0.2) is 30.7 Å². The van der Waals surface area contributed by atoms with Gasteiger partial charge in [0.15, 0.2) is 0 Å². The van der Waals surface area contributed by atoms with Crippen LogP contribution in [0, 0.1) is 0 Å². The average Bonchev–Trinajstić information content (AvgIpc) is 2.36. The molecule has 0 fully saturated rings. The van der Waals surface area contributed by atoms with Gasteiger partial charge in [-0.05, 0) is 12.8 Å². The van der Waals surface area contributed by atoms with Gasteiger partial charge in [0.2, 0.25) is 0 Å². The summed E-state index contributed by atoms with van der Waals surface area (Å²) in [5, 5.41) is 9.54. The van der Waals surface area contributed by atoms with Crippen molar-refractivity contribution in [3.05, 3.63) is 0 Å². The van der Waals surface area contributed by atoms with Gasteiger partial charge in [0.05, 0.1) is 12.2 Å². The molecule has 0 saturated carbocycles. The topological polar surface area (TPSA) is 46.5 Å². The minimum atomic E-state index is -0.544. The highest BCUT2D eigenvalue weighted by Gasteiger charge is 2.13. The van der Waals surface area contributed by atoms with Crippen LogP contribution in [0.2, 0.25) is 0 Å². The Bertz CT molecular complexity index is 183. The van der Waals surface area contributed by atoms with Crippen LogP contribution in [0.15, 0.2) is 0 Å². The number of aliphatic hydroxyl groups is 1. The molecular formula is C15H30O3. The van der Waals surface area contributed by atoms with Crippen molar-refractivity contribution in [2.24, 2.45) is 0 Å². The first-order valence-electron chi connectivity index (χ1n) is 7.39. The highest BCUT2D eigenvalue weighted by molar-refractivity contribution is 5.49. The summed E-state index contributed by atoms with van der Waals surface area (Å²) in [5.74, 6) is 0. The van der Waals surface area contributed by atoms with Crippen LogP contribution in [0.5, 0.6) is 0 Å². The van der Waals surface area contributed by atoms with Crippen LogP contribution in [0.4, 0.5) is 0 Å². The molecule has 1 unspecified atom stereocenters. The lowest BCUT2D eigenvalue weighted by Crippen LogP contribution is -2.20. The Morgan fingerprint density at radius 2 is 1.72 bits per heavy atom. The number of methoxy groups -OCH3 is 1. The summed E-state index contributed by atoms with van der Waals surface area (Å²) in [5.41, 5.74) is 0. The number of carbonyl (C=O) groups excluding carboxylic acids is 1. The molecule has 0 radical (unpaired) electrons. The molecule has 0 aromatic rings. The Labute approximate surface area is 112 Å². The van der Waals surface area contributed by atoms with E-state index >= 15 is 0 Å². The van der Waals surface area contributed by atoms with E-state index in [1.54, 1.807) is 7.11 Å². The average molecular weight is 258 g/mol. The van der Waals surface area contributed by atoms with E-state index in [-0.39, 0.29) is 12.5 Å². The number of aliphatic hydroxyl groups excluding tert-OH is 1.